The number of nitrogens with zero attached hydrogens (tertiary/aromatic N) is 6. The number of aryl methyl sites for hydroxylation is 1. The van der Waals surface area contributed by atoms with Gasteiger partial charge in [0, 0.05) is 63.0 Å². The van der Waals surface area contributed by atoms with E-state index in [1.807, 2.05) is 49.9 Å². The van der Waals surface area contributed by atoms with Crippen molar-refractivity contribution in [3.63, 3.8) is 0 Å². The van der Waals surface area contributed by atoms with Crippen molar-refractivity contribution in [2.45, 2.75) is 81.6 Å². The molecule has 1 saturated carbocycles. The van der Waals surface area contributed by atoms with Gasteiger partial charge in [-0.05, 0) is 81.7 Å². The molecule has 5 N–H and O–H groups in total. The molecule has 0 unspecified atom stereocenters. The van der Waals surface area contributed by atoms with Gasteiger partial charge in [0.05, 0.1) is 41.2 Å². The van der Waals surface area contributed by atoms with Gasteiger partial charge in [0.1, 0.15) is 28.7 Å². The number of benzene rings is 2. The van der Waals surface area contributed by atoms with Gasteiger partial charge in [-0.25, -0.2) is 14.4 Å². The quantitative estimate of drug-likeness (QED) is 0.0810. The first-order valence-corrected chi connectivity index (χ1v) is 23.9. The second-order valence-corrected chi connectivity index (χ2v) is 20.1. The highest BCUT2D eigenvalue weighted by Crippen LogP contribution is 2.41. The smallest absolute Gasteiger partial charge is 0.258 e. The maximum Gasteiger partial charge on any atom is 0.258 e. The van der Waals surface area contributed by atoms with Crippen LogP contribution in [0.25, 0.3) is 10.4 Å². The number of nitrogens with one attached hydrogen (secondary N) is 4. The van der Waals surface area contributed by atoms with E-state index in [1.165, 1.54) is 30.0 Å². The summed E-state index contributed by atoms with van der Waals surface area (Å²) in [7, 11) is 3.24. The van der Waals surface area contributed by atoms with Crippen LogP contribution >= 0.6 is 34.7 Å². The van der Waals surface area contributed by atoms with Gasteiger partial charge in [0.25, 0.3) is 11.8 Å². The molecule has 16 nitrogen and oxygen atoms in total. The van der Waals surface area contributed by atoms with Gasteiger partial charge >= 0.3 is 0 Å². The normalized spacial score (nSPS) is 18.8. The number of hydrogen-bond acceptors (Lipinski definition) is 14. The first-order chi connectivity index (χ1) is 31.1. The molecule has 2 aliphatic heterocycles. The standard InChI is InChI=1S/C45H56ClFN10O6S2/c1-27-36(64-26-51-27)29-9-7-28(8-10-29)23-49-39(59)34-22-31(58)25-57(34)41(61)37(53-42(62)45(47)13-14-45)44(2,3)65-20-6-15-55-16-18-56(19-17-55)40(60)30-11-12-33(35(21-30)63-5)52-43-50-24-32(46)38(48-4)54-43/h7-12,21,24,26,31,34,37,58H,6,13-20,22-23,25H2,1-5H3,(H,49,59)(H,53,62)(H2,48,50,52,54)/t31-,34-,37-/m1/s1. The zero-order valence-corrected chi connectivity index (χ0v) is 39.5. The Bertz CT molecular complexity index is 2360. The Morgan fingerprint density at radius 2 is 1.83 bits per heavy atom. The fraction of sp³-hybridized carbons (Fsp3) is 0.489. The maximum atomic E-state index is 15.1. The lowest BCUT2D eigenvalue weighted by molar-refractivity contribution is -0.143. The minimum absolute atomic E-state index is 0.0400. The van der Waals surface area contributed by atoms with Crippen LogP contribution in [0.4, 0.5) is 21.8 Å². The second-order valence-electron chi connectivity index (χ2n) is 17.1. The van der Waals surface area contributed by atoms with E-state index in [0.717, 1.165) is 34.7 Å². The topological polar surface area (TPSA) is 194 Å². The number of aliphatic hydroxyl groups excluding tert-OH is 1. The molecule has 7 rings (SSSR count). The third-order valence-corrected chi connectivity index (χ3v) is 14.8. The average Bonchev–Trinajstić information content (AvgIpc) is 3.71. The molecule has 0 bridgehead atoms. The number of aliphatic hydroxyl groups is 1. The zero-order chi connectivity index (χ0) is 46.5. The predicted molar refractivity (Wildman–Crippen MR) is 252 cm³/mol. The van der Waals surface area contributed by atoms with Crippen molar-refractivity contribution in [1.82, 2.24) is 40.3 Å². The lowest BCUT2D eigenvalue weighted by Gasteiger charge is -2.38. The van der Waals surface area contributed by atoms with E-state index < -0.39 is 46.3 Å². The van der Waals surface area contributed by atoms with Crippen molar-refractivity contribution in [2.75, 3.05) is 69.8 Å². The molecule has 4 aromatic rings. The predicted octanol–water partition coefficient (Wildman–Crippen LogP) is 5.28. The molecular weight excluding hydrogens is 895 g/mol. The summed E-state index contributed by atoms with van der Waals surface area (Å²) < 4.78 is 19.8. The van der Waals surface area contributed by atoms with Gasteiger partial charge < -0.3 is 40.9 Å². The molecule has 3 fully saturated rings. The fourth-order valence-electron chi connectivity index (χ4n) is 7.98. The number of piperazine rings is 1. The van der Waals surface area contributed by atoms with E-state index in [9.17, 15) is 24.3 Å². The van der Waals surface area contributed by atoms with Gasteiger partial charge in [0.15, 0.2) is 5.67 Å². The molecule has 4 amide bonds. The number of methoxy groups -OCH3 is 1. The number of hydrogen-bond donors (Lipinski definition) is 5. The summed E-state index contributed by atoms with van der Waals surface area (Å²) in [5.41, 5.74) is 3.70. The molecule has 1 aliphatic carbocycles. The zero-order valence-electron chi connectivity index (χ0n) is 37.2. The summed E-state index contributed by atoms with van der Waals surface area (Å²) in [6.45, 7) is 8.93. The van der Waals surface area contributed by atoms with Gasteiger partial charge in [-0.15, -0.1) is 11.3 Å². The minimum atomic E-state index is -2.02. The largest absolute Gasteiger partial charge is 0.495 e. The summed E-state index contributed by atoms with van der Waals surface area (Å²) in [6.07, 6.45) is 1.51. The Balaban J connectivity index is 0.910. The summed E-state index contributed by atoms with van der Waals surface area (Å²) in [5, 5.41) is 22.8. The van der Waals surface area contributed by atoms with Crippen LogP contribution in [0, 0.1) is 6.92 Å². The number of alkyl halides is 1. The molecule has 2 aromatic carbocycles. The van der Waals surface area contributed by atoms with Crippen LogP contribution in [0.2, 0.25) is 5.02 Å². The number of thiazole rings is 1. The van der Waals surface area contributed by atoms with E-state index in [2.05, 4.69) is 41.1 Å². The maximum absolute atomic E-state index is 15.1. The Labute approximate surface area is 391 Å². The highest BCUT2D eigenvalue weighted by Gasteiger charge is 2.54. The number of amides is 4. The SMILES string of the molecule is CNc1nc(Nc2ccc(C(=O)N3CCN(CCCSC(C)(C)[C@H](NC(=O)C4(F)CC4)C(=O)N4C[C@H](O)C[C@@H]4C(=O)NCc4ccc(-c5scnc5C)cc4)CC3)cc2OC)ncc1Cl. The van der Waals surface area contributed by atoms with Gasteiger partial charge in [-0.2, -0.15) is 16.7 Å². The second kappa shape index (κ2) is 20.6. The number of likely N-dealkylation sites (tertiary alicyclic amines) is 1. The van der Waals surface area contributed by atoms with E-state index in [1.54, 1.807) is 42.1 Å². The first-order valence-electron chi connectivity index (χ1n) is 21.7. The number of aromatic nitrogens is 3. The summed E-state index contributed by atoms with van der Waals surface area (Å²) in [5.74, 6) is -0.0364. The molecule has 0 spiro atoms. The van der Waals surface area contributed by atoms with Crippen LogP contribution < -0.4 is 26.0 Å². The van der Waals surface area contributed by atoms with Crippen LogP contribution in [0.3, 0.4) is 0 Å². The Morgan fingerprint density at radius 1 is 1.09 bits per heavy atom. The summed E-state index contributed by atoms with van der Waals surface area (Å²) in [4.78, 5) is 74.2. The monoisotopic (exact) mass is 950 g/mol. The number of carbonyl (C=O) groups excluding carboxylic acids is 4. The third-order valence-electron chi connectivity index (χ3n) is 12.0. The number of thioether (sulfide) groups is 1. The summed E-state index contributed by atoms with van der Waals surface area (Å²) in [6, 6.07) is 10.9. The molecule has 20 heteroatoms. The van der Waals surface area contributed by atoms with Crippen molar-refractivity contribution >= 4 is 75.8 Å². The lowest BCUT2D eigenvalue weighted by Crippen LogP contribution is -2.61. The van der Waals surface area contributed by atoms with Crippen LogP contribution in [0.15, 0.2) is 54.2 Å². The molecule has 65 heavy (non-hydrogen) atoms. The number of halogens is 2. The molecular formula is C45H56ClFN10O6S2. The number of rotatable bonds is 18. The van der Waals surface area contributed by atoms with E-state index >= 15 is 4.39 Å². The van der Waals surface area contributed by atoms with E-state index in [4.69, 9.17) is 16.3 Å². The van der Waals surface area contributed by atoms with Crippen molar-refractivity contribution < 1.29 is 33.4 Å². The van der Waals surface area contributed by atoms with Crippen molar-refractivity contribution in [3.8, 4) is 16.2 Å². The Hall–Kier alpha value is -5.08. The Kier molecular flexibility index (Phi) is 15.2. The highest BCUT2D eigenvalue weighted by molar-refractivity contribution is 8.00. The van der Waals surface area contributed by atoms with Gasteiger partial charge in [-0.3, -0.25) is 24.1 Å². The van der Waals surface area contributed by atoms with Crippen LogP contribution in [-0.4, -0.2) is 146 Å². The molecule has 4 heterocycles. The summed E-state index contributed by atoms with van der Waals surface area (Å²) >= 11 is 9.17. The third kappa shape index (κ3) is 11.5. The van der Waals surface area contributed by atoms with Gasteiger partial charge in [-0.1, -0.05) is 35.9 Å². The van der Waals surface area contributed by atoms with Crippen molar-refractivity contribution in [3.05, 3.63) is 76.0 Å². The highest BCUT2D eigenvalue weighted by atomic mass is 35.5. The van der Waals surface area contributed by atoms with Crippen molar-refractivity contribution in [2.24, 2.45) is 0 Å². The average molecular weight is 952 g/mol. The number of ether oxygens (including phenoxy) is 1. The minimum Gasteiger partial charge on any atom is -0.495 e. The lowest BCUT2D eigenvalue weighted by atomic mass is 10.00. The van der Waals surface area contributed by atoms with Crippen molar-refractivity contribution in [1.29, 1.82) is 0 Å². The van der Waals surface area contributed by atoms with E-state index in [-0.39, 0.29) is 38.3 Å². The molecule has 348 valence electrons. The molecule has 3 aliphatic rings. The van der Waals surface area contributed by atoms with Crippen LogP contribution in [0.1, 0.15) is 61.1 Å². The molecule has 2 saturated heterocycles. The molecule has 3 atom stereocenters. The first kappa shape index (κ1) is 47.9. The molecule has 0 radical (unpaired) electrons. The fourth-order valence-corrected chi connectivity index (χ4v) is 10.1. The molecule has 2 aromatic heterocycles. The Morgan fingerprint density at radius 3 is 2.49 bits per heavy atom. The van der Waals surface area contributed by atoms with E-state index in [0.29, 0.717) is 65.7 Å². The van der Waals surface area contributed by atoms with Crippen LogP contribution in [0.5, 0.6) is 5.75 Å². The number of carbonyl (C=O) groups is 4. The van der Waals surface area contributed by atoms with Gasteiger partial charge in [0.2, 0.25) is 17.8 Å². The number of β-amino-alcohol motifs (C(OH)–C–C–N with tert-alkyl or cyclic N) is 1. The number of anilines is 3. The van der Waals surface area contributed by atoms with Crippen LogP contribution in [-0.2, 0) is 20.9 Å².